The molecule has 12 heteroatoms. The zero-order valence-electron chi connectivity index (χ0n) is 22.0. The molecule has 4 N–H and O–H groups in total. The Morgan fingerprint density at radius 2 is 1.97 bits per heavy atom. The lowest BCUT2D eigenvalue weighted by Gasteiger charge is -2.47. The molecule has 2 saturated heterocycles. The number of hydrogen-bond donors (Lipinski definition) is 3. The SMILES string of the molecule is CC[C@H]1CN(c2ncc(C3=NCCN3)cc2Cl)CCN1C1CCN(C(=O)c2ccc(Cl)cc2C(N)=NO)CC1. The maximum atomic E-state index is 13.3. The number of nitrogens with one attached hydrogen (secondary N) is 1. The van der Waals surface area contributed by atoms with Crippen LogP contribution in [0.4, 0.5) is 5.82 Å². The number of halogens is 2. The van der Waals surface area contributed by atoms with Crippen molar-refractivity contribution >= 4 is 46.6 Å². The first-order valence-corrected chi connectivity index (χ1v) is 14.2. The molecule has 1 atom stereocenters. The molecule has 5 rings (SSSR count). The summed E-state index contributed by atoms with van der Waals surface area (Å²) in [6, 6.07) is 7.55. The molecule has 3 aliphatic heterocycles. The Labute approximate surface area is 238 Å². The van der Waals surface area contributed by atoms with E-state index in [0.717, 1.165) is 69.2 Å². The van der Waals surface area contributed by atoms with E-state index in [2.05, 4.69) is 32.2 Å². The summed E-state index contributed by atoms with van der Waals surface area (Å²) in [6.07, 6.45) is 4.64. The first-order valence-electron chi connectivity index (χ1n) is 13.4. The number of aromatic nitrogens is 1. The molecule has 0 aliphatic carbocycles. The number of piperazine rings is 1. The molecule has 0 radical (unpaired) electrons. The molecule has 0 bridgehead atoms. The molecular formula is C27H34Cl2N8O2. The summed E-state index contributed by atoms with van der Waals surface area (Å²) in [6.45, 7) is 7.74. The number of amides is 1. The normalized spacial score (nSPS) is 21.2. The highest BCUT2D eigenvalue weighted by molar-refractivity contribution is 6.33. The number of pyridine rings is 1. The van der Waals surface area contributed by atoms with Gasteiger partial charge >= 0.3 is 0 Å². The maximum Gasteiger partial charge on any atom is 0.254 e. The van der Waals surface area contributed by atoms with Gasteiger partial charge in [-0.3, -0.25) is 14.7 Å². The number of rotatable bonds is 6. The second-order valence-electron chi connectivity index (χ2n) is 10.1. The number of anilines is 1. The average Bonchev–Trinajstić information content (AvgIpc) is 3.51. The first-order chi connectivity index (χ1) is 18.9. The number of oxime groups is 1. The highest BCUT2D eigenvalue weighted by atomic mass is 35.5. The van der Waals surface area contributed by atoms with Gasteiger partial charge in [0.25, 0.3) is 5.91 Å². The van der Waals surface area contributed by atoms with E-state index in [1.165, 1.54) is 0 Å². The van der Waals surface area contributed by atoms with Gasteiger partial charge in [-0.15, -0.1) is 0 Å². The second kappa shape index (κ2) is 12.0. The van der Waals surface area contributed by atoms with Gasteiger partial charge in [0.15, 0.2) is 5.84 Å². The van der Waals surface area contributed by atoms with Gasteiger partial charge in [0, 0.05) is 73.7 Å². The van der Waals surface area contributed by atoms with Crippen LogP contribution in [0.5, 0.6) is 0 Å². The van der Waals surface area contributed by atoms with E-state index in [1.54, 1.807) is 18.2 Å². The number of likely N-dealkylation sites (tertiary alicyclic amines) is 1. The fourth-order valence-corrected chi connectivity index (χ4v) is 6.29. The Bertz CT molecular complexity index is 1280. The Morgan fingerprint density at radius 3 is 2.64 bits per heavy atom. The van der Waals surface area contributed by atoms with E-state index in [4.69, 9.17) is 39.1 Å². The van der Waals surface area contributed by atoms with E-state index in [-0.39, 0.29) is 11.7 Å². The van der Waals surface area contributed by atoms with Crippen LogP contribution in [0.3, 0.4) is 0 Å². The van der Waals surface area contributed by atoms with Crippen molar-refractivity contribution in [2.75, 3.05) is 50.7 Å². The molecule has 3 aliphatic rings. The minimum absolute atomic E-state index is 0.132. The quantitative estimate of drug-likeness (QED) is 0.210. The van der Waals surface area contributed by atoms with Crippen LogP contribution in [0.2, 0.25) is 10.0 Å². The van der Waals surface area contributed by atoms with Crippen molar-refractivity contribution in [1.82, 2.24) is 20.1 Å². The molecule has 1 aromatic heterocycles. The third-order valence-corrected chi connectivity index (χ3v) is 8.40. The van der Waals surface area contributed by atoms with Gasteiger partial charge in [0.1, 0.15) is 11.7 Å². The van der Waals surface area contributed by atoms with Crippen LogP contribution >= 0.6 is 23.2 Å². The molecule has 0 spiro atoms. The minimum Gasteiger partial charge on any atom is -0.409 e. The summed E-state index contributed by atoms with van der Waals surface area (Å²) < 4.78 is 0. The molecule has 39 heavy (non-hydrogen) atoms. The lowest BCUT2D eigenvalue weighted by Crippen LogP contribution is -2.58. The predicted octanol–water partition coefficient (Wildman–Crippen LogP) is 3.04. The number of carbonyl (C=O) groups excluding carboxylic acids is 1. The lowest BCUT2D eigenvalue weighted by molar-refractivity contribution is 0.0490. The van der Waals surface area contributed by atoms with Crippen molar-refractivity contribution in [2.45, 2.75) is 38.3 Å². The van der Waals surface area contributed by atoms with Crippen molar-refractivity contribution in [1.29, 1.82) is 0 Å². The number of aliphatic imine (C=N–C) groups is 1. The highest BCUT2D eigenvalue weighted by Gasteiger charge is 2.35. The third kappa shape index (κ3) is 5.78. The van der Waals surface area contributed by atoms with Crippen LogP contribution in [0, 0.1) is 0 Å². The Kier molecular flexibility index (Phi) is 8.44. The summed E-state index contributed by atoms with van der Waals surface area (Å²) >= 11 is 12.8. The fourth-order valence-electron chi connectivity index (χ4n) is 5.83. The predicted molar refractivity (Wildman–Crippen MR) is 155 cm³/mol. The standard InChI is InChI=1S/C27H34Cl2N8O2/c1-2-19-16-36(26-23(29)13-17(15-33-26)25-31-7-8-32-25)11-12-37(19)20-5-9-35(10-6-20)27(38)21-4-3-18(28)14-22(21)24(30)34-39/h3-4,13-15,19-20,39H,2,5-12,16H2,1H3,(H2,30,34)(H,31,32)/t19-/m0/s1. The van der Waals surface area contributed by atoms with E-state index < -0.39 is 0 Å². The molecule has 1 amide bonds. The molecule has 10 nitrogen and oxygen atoms in total. The minimum atomic E-state index is -0.133. The van der Waals surface area contributed by atoms with E-state index in [1.807, 2.05) is 17.2 Å². The number of amidine groups is 2. The molecular weight excluding hydrogens is 539 g/mol. The second-order valence-corrected chi connectivity index (χ2v) is 11.0. The van der Waals surface area contributed by atoms with Crippen molar-refractivity contribution in [3.05, 3.63) is 57.2 Å². The molecule has 1 aromatic carbocycles. The maximum absolute atomic E-state index is 13.3. The molecule has 0 saturated carbocycles. The largest absolute Gasteiger partial charge is 0.409 e. The number of nitrogens with two attached hydrogens (primary N) is 1. The van der Waals surface area contributed by atoms with Crippen molar-refractivity contribution in [2.24, 2.45) is 15.9 Å². The Hall–Kier alpha value is -3.08. The third-order valence-electron chi connectivity index (χ3n) is 7.88. The molecule has 208 valence electrons. The van der Waals surface area contributed by atoms with Gasteiger partial charge in [0.05, 0.1) is 17.1 Å². The summed E-state index contributed by atoms with van der Waals surface area (Å²) in [4.78, 5) is 29.2. The zero-order chi connectivity index (χ0) is 27.5. The van der Waals surface area contributed by atoms with E-state index in [9.17, 15) is 4.79 Å². The lowest BCUT2D eigenvalue weighted by atomic mass is 9.97. The van der Waals surface area contributed by atoms with Crippen LogP contribution in [0.1, 0.15) is 47.7 Å². The van der Waals surface area contributed by atoms with Gasteiger partial charge in [-0.25, -0.2) is 4.98 Å². The topological polar surface area (TPSA) is 123 Å². The summed E-state index contributed by atoms with van der Waals surface area (Å²) in [5.41, 5.74) is 7.47. The number of benzene rings is 1. The number of nitrogens with zero attached hydrogens (tertiary/aromatic N) is 6. The Balaban J connectivity index is 1.21. The van der Waals surface area contributed by atoms with Crippen LogP contribution in [-0.2, 0) is 0 Å². The van der Waals surface area contributed by atoms with E-state index in [0.29, 0.717) is 46.3 Å². The number of hydrogen-bond acceptors (Lipinski definition) is 8. The monoisotopic (exact) mass is 572 g/mol. The van der Waals surface area contributed by atoms with Crippen LogP contribution < -0.4 is 16.0 Å². The van der Waals surface area contributed by atoms with Crippen LogP contribution in [-0.4, -0.2) is 95.5 Å². The average molecular weight is 574 g/mol. The van der Waals surface area contributed by atoms with Crippen LogP contribution in [0.25, 0.3) is 0 Å². The number of carbonyl (C=O) groups is 1. The van der Waals surface area contributed by atoms with Crippen LogP contribution in [0.15, 0.2) is 40.6 Å². The fraction of sp³-hybridized carbons (Fsp3) is 0.481. The molecule has 0 unspecified atom stereocenters. The summed E-state index contributed by atoms with van der Waals surface area (Å²) in [7, 11) is 0. The van der Waals surface area contributed by atoms with Gasteiger partial charge in [0.2, 0.25) is 0 Å². The smallest absolute Gasteiger partial charge is 0.254 e. The van der Waals surface area contributed by atoms with Gasteiger partial charge < -0.3 is 26.1 Å². The number of piperidine rings is 1. The molecule has 2 aromatic rings. The molecule has 4 heterocycles. The van der Waals surface area contributed by atoms with Crippen molar-refractivity contribution in [3.63, 3.8) is 0 Å². The van der Waals surface area contributed by atoms with Gasteiger partial charge in [-0.2, -0.15) is 0 Å². The zero-order valence-corrected chi connectivity index (χ0v) is 23.5. The molecule has 2 fully saturated rings. The van der Waals surface area contributed by atoms with E-state index >= 15 is 0 Å². The summed E-state index contributed by atoms with van der Waals surface area (Å²) in [5.74, 6) is 1.41. The summed E-state index contributed by atoms with van der Waals surface area (Å²) in [5, 5.41) is 16.6. The van der Waals surface area contributed by atoms with Gasteiger partial charge in [-0.1, -0.05) is 35.3 Å². The van der Waals surface area contributed by atoms with Crippen molar-refractivity contribution in [3.8, 4) is 0 Å². The van der Waals surface area contributed by atoms with Crippen molar-refractivity contribution < 1.29 is 10.0 Å². The van der Waals surface area contributed by atoms with Gasteiger partial charge in [-0.05, 0) is 43.5 Å². The Morgan fingerprint density at radius 1 is 1.18 bits per heavy atom. The first kappa shape index (κ1) is 27.5. The highest BCUT2D eigenvalue weighted by Crippen LogP contribution is 2.30.